The van der Waals surface area contributed by atoms with Gasteiger partial charge in [-0.05, 0) is 6.92 Å². The fourth-order valence-corrected chi connectivity index (χ4v) is 1.64. The van der Waals surface area contributed by atoms with Crippen molar-refractivity contribution in [2.24, 2.45) is 7.05 Å². The van der Waals surface area contributed by atoms with Gasteiger partial charge in [-0.1, -0.05) is 0 Å². The molecule has 0 saturated heterocycles. The van der Waals surface area contributed by atoms with Crippen LogP contribution in [0.1, 0.15) is 17.5 Å². The Kier molecular flexibility index (Phi) is 3.73. The molecule has 106 valence electrons. The Morgan fingerprint density at radius 2 is 1.90 bits per heavy atom. The van der Waals surface area contributed by atoms with E-state index < -0.39 is 29.0 Å². The molecule has 0 bridgehead atoms. The summed E-state index contributed by atoms with van der Waals surface area (Å²) < 4.78 is 45.9. The third-order valence-electron chi connectivity index (χ3n) is 2.45. The summed E-state index contributed by atoms with van der Waals surface area (Å²) in [5.41, 5.74) is -0.558. The van der Waals surface area contributed by atoms with Crippen LogP contribution >= 0.6 is 0 Å². The van der Waals surface area contributed by atoms with Crippen LogP contribution in [0.15, 0.2) is 12.1 Å². The van der Waals surface area contributed by atoms with E-state index in [1.807, 2.05) is 0 Å². The van der Waals surface area contributed by atoms with Crippen molar-refractivity contribution in [3.63, 3.8) is 0 Å². The fraction of sp³-hybridized carbons (Fsp3) is 0.250. The fourth-order valence-electron chi connectivity index (χ4n) is 1.64. The Hall–Kier alpha value is -2.38. The molecule has 20 heavy (non-hydrogen) atoms. The molecule has 2 aromatic rings. The summed E-state index contributed by atoms with van der Waals surface area (Å²) in [5.74, 6) is -4.67. The number of aryl methyl sites for hydroxylation is 1. The number of hydrogen-bond acceptors (Lipinski definition) is 4. The molecule has 0 spiro atoms. The highest BCUT2D eigenvalue weighted by Crippen LogP contribution is 2.25. The molecular formula is C12H10F3N3O2. The number of aromatic nitrogens is 3. The van der Waals surface area contributed by atoms with Gasteiger partial charge in [-0.3, -0.25) is 0 Å². The number of rotatable bonds is 3. The van der Waals surface area contributed by atoms with E-state index >= 15 is 0 Å². The molecule has 1 heterocycles. The van der Waals surface area contributed by atoms with Crippen LogP contribution in [0.25, 0.3) is 11.4 Å². The molecule has 0 aliphatic carbocycles. The van der Waals surface area contributed by atoms with Crippen LogP contribution in [0.5, 0.6) is 0 Å². The highest BCUT2D eigenvalue weighted by atomic mass is 19.1. The van der Waals surface area contributed by atoms with Gasteiger partial charge in [0.25, 0.3) is 5.82 Å². The molecule has 0 aliphatic rings. The Bertz CT molecular complexity index is 647. The molecule has 1 aromatic carbocycles. The summed E-state index contributed by atoms with van der Waals surface area (Å²) >= 11 is 0. The van der Waals surface area contributed by atoms with Crippen LogP contribution in [-0.2, 0) is 11.8 Å². The summed E-state index contributed by atoms with van der Waals surface area (Å²) in [6.07, 6.45) is 0. The maximum absolute atomic E-state index is 13.7. The zero-order valence-electron chi connectivity index (χ0n) is 10.7. The maximum Gasteiger partial charge on any atom is 0.378 e. The summed E-state index contributed by atoms with van der Waals surface area (Å²) in [6.45, 7) is 1.72. The molecule has 0 saturated carbocycles. The van der Waals surface area contributed by atoms with E-state index in [0.29, 0.717) is 12.1 Å². The highest BCUT2D eigenvalue weighted by molar-refractivity contribution is 5.85. The number of benzene rings is 1. The smallest absolute Gasteiger partial charge is 0.378 e. The number of carbonyl (C=O) groups is 1. The molecule has 0 unspecified atom stereocenters. The van der Waals surface area contributed by atoms with E-state index in [1.165, 1.54) is 7.05 Å². The average Bonchev–Trinajstić information content (AvgIpc) is 2.71. The first-order valence-electron chi connectivity index (χ1n) is 5.67. The zero-order valence-corrected chi connectivity index (χ0v) is 10.7. The maximum atomic E-state index is 13.7. The Labute approximate surface area is 112 Å². The second-order valence-corrected chi connectivity index (χ2v) is 3.85. The topological polar surface area (TPSA) is 57.0 Å². The minimum Gasteiger partial charge on any atom is -0.460 e. The normalized spacial score (nSPS) is 10.7. The van der Waals surface area contributed by atoms with Crippen molar-refractivity contribution in [1.29, 1.82) is 0 Å². The monoisotopic (exact) mass is 285 g/mol. The molecule has 0 aliphatic heterocycles. The number of esters is 1. The van der Waals surface area contributed by atoms with Gasteiger partial charge in [-0.15, -0.1) is 5.10 Å². The van der Waals surface area contributed by atoms with E-state index in [4.69, 9.17) is 0 Å². The van der Waals surface area contributed by atoms with Crippen LogP contribution in [0, 0.1) is 17.5 Å². The molecule has 0 radical (unpaired) electrons. The molecule has 0 fully saturated rings. The van der Waals surface area contributed by atoms with Gasteiger partial charge >= 0.3 is 5.97 Å². The summed E-state index contributed by atoms with van der Waals surface area (Å²) in [6, 6.07) is 1.05. The predicted octanol–water partition coefficient (Wildman–Crippen LogP) is 2.08. The number of hydrogen-bond donors (Lipinski definition) is 0. The van der Waals surface area contributed by atoms with Gasteiger partial charge in [-0.25, -0.2) is 27.6 Å². The molecule has 8 heteroatoms. The Morgan fingerprint density at radius 3 is 2.45 bits per heavy atom. The Morgan fingerprint density at radius 1 is 1.30 bits per heavy atom. The zero-order chi connectivity index (χ0) is 14.9. The van der Waals surface area contributed by atoms with Crippen LogP contribution in [0.3, 0.4) is 0 Å². The number of halogens is 3. The van der Waals surface area contributed by atoms with Gasteiger partial charge in [0.05, 0.1) is 12.2 Å². The lowest BCUT2D eigenvalue weighted by Gasteiger charge is -2.03. The van der Waals surface area contributed by atoms with Crippen molar-refractivity contribution >= 4 is 5.97 Å². The summed E-state index contributed by atoms with van der Waals surface area (Å²) in [5, 5.41) is 3.71. The second-order valence-electron chi connectivity index (χ2n) is 3.85. The molecule has 5 nitrogen and oxygen atoms in total. The van der Waals surface area contributed by atoms with Crippen LogP contribution in [0.4, 0.5) is 13.2 Å². The quantitative estimate of drug-likeness (QED) is 0.810. The lowest BCUT2D eigenvalue weighted by atomic mass is 10.2. The van der Waals surface area contributed by atoms with E-state index in [2.05, 4.69) is 14.8 Å². The predicted molar refractivity (Wildman–Crippen MR) is 62.3 cm³/mol. The van der Waals surface area contributed by atoms with Gasteiger partial charge in [-0.2, -0.15) is 0 Å². The average molecular weight is 285 g/mol. The largest absolute Gasteiger partial charge is 0.460 e. The van der Waals surface area contributed by atoms with Crippen molar-refractivity contribution in [3.8, 4) is 11.4 Å². The number of ether oxygens (including phenoxy) is 1. The Balaban J connectivity index is 2.52. The first-order valence-corrected chi connectivity index (χ1v) is 5.67. The minimum atomic E-state index is -1.13. The van der Waals surface area contributed by atoms with Gasteiger partial charge in [0, 0.05) is 19.2 Å². The molecule has 2 rings (SSSR count). The van der Waals surface area contributed by atoms with E-state index in [0.717, 1.165) is 4.68 Å². The number of carbonyl (C=O) groups excluding carboxylic acids is 1. The van der Waals surface area contributed by atoms with Gasteiger partial charge in [0.1, 0.15) is 17.5 Å². The highest BCUT2D eigenvalue weighted by Gasteiger charge is 2.22. The third kappa shape index (κ3) is 2.49. The lowest BCUT2D eigenvalue weighted by molar-refractivity contribution is 0.0512. The van der Waals surface area contributed by atoms with E-state index in [9.17, 15) is 18.0 Å². The number of nitrogens with zero attached hydrogens (tertiary/aromatic N) is 3. The van der Waals surface area contributed by atoms with Crippen molar-refractivity contribution in [1.82, 2.24) is 14.8 Å². The molecule has 0 N–H and O–H groups in total. The van der Waals surface area contributed by atoms with Gasteiger partial charge in [0.15, 0.2) is 5.82 Å². The standard InChI is InChI=1S/C12H10F3N3O2/c1-3-20-12(19)10-16-11(18(2)17-10)9-7(14)4-6(13)5-8(9)15/h4-5H,3H2,1-2H3. The van der Waals surface area contributed by atoms with Crippen molar-refractivity contribution in [3.05, 3.63) is 35.4 Å². The van der Waals surface area contributed by atoms with Crippen molar-refractivity contribution < 1.29 is 22.7 Å². The second kappa shape index (κ2) is 5.32. The molecule has 1 aromatic heterocycles. The molecular weight excluding hydrogens is 275 g/mol. The third-order valence-corrected chi connectivity index (χ3v) is 2.45. The minimum absolute atomic E-state index is 0.117. The van der Waals surface area contributed by atoms with Crippen LogP contribution in [-0.4, -0.2) is 27.3 Å². The van der Waals surface area contributed by atoms with E-state index in [-0.39, 0.29) is 18.3 Å². The van der Waals surface area contributed by atoms with Crippen molar-refractivity contribution in [2.75, 3.05) is 6.61 Å². The first-order chi connectivity index (χ1) is 9.43. The molecule has 0 atom stereocenters. The first kappa shape index (κ1) is 14.0. The van der Waals surface area contributed by atoms with E-state index in [1.54, 1.807) is 6.92 Å². The summed E-state index contributed by atoms with van der Waals surface area (Å²) in [4.78, 5) is 15.2. The van der Waals surface area contributed by atoms with Crippen molar-refractivity contribution in [2.45, 2.75) is 6.92 Å². The van der Waals surface area contributed by atoms with Gasteiger partial charge in [0.2, 0.25) is 0 Å². The summed E-state index contributed by atoms with van der Waals surface area (Å²) in [7, 11) is 1.35. The SMILES string of the molecule is CCOC(=O)c1nc(-c2c(F)cc(F)cc2F)n(C)n1. The van der Waals surface area contributed by atoms with Crippen LogP contribution in [0.2, 0.25) is 0 Å². The lowest BCUT2D eigenvalue weighted by Crippen LogP contribution is -2.07. The van der Waals surface area contributed by atoms with Gasteiger partial charge < -0.3 is 4.74 Å². The molecule has 0 amide bonds. The van der Waals surface area contributed by atoms with Crippen LogP contribution < -0.4 is 0 Å².